The fourth-order valence-electron chi connectivity index (χ4n) is 1.04. The molecule has 1 aromatic heterocycles. The number of hydrogen-bond acceptors (Lipinski definition) is 3. The highest BCUT2D eigenvalue weighted by Gasteiger charge is 2.36. The molecule has 0 aliphatic carbocycles. The number of H-pyrrole nitrogens is 1. The fourth-order valence-corrected chi connectivity index (χ4v) is 1.04. The molecule has 1 aromatic rings. The molecule has 1 rings (SSSR count). The van der Waals surface area contributed by atoms with Crippen LogP contribution in [0, 0.1) is 0 Å². The second kappa shape index (κ2) is 5.17. The van der Waals surface area contributed by atoms with Gasteiger partial charge in [-0.25, -0.2) is 0 Å². The Bertz CT molecular complexity index is 366. The quantitative estimate of drug-likeness (QED) is 0.749. The molecule has 0 fully saturated rings. The van der Waals surface area contributed by atoms with Gasteiger partial charge in [0.2, 0.25) is 0 Å². The number of nitrogens with zero attached hydrogens (tertiary/aromatic N) is 1. The van der Waals surface area contributed by atoms with Crippen LogP contribution in [0.1, 0.15) is 11.3 Å². The Labute approximate surface area is 94.2 Å². The minimum absolute atomic E-state index is 0. The van der Waals surface area contributed by atoms with Crippen molar-refractivity contribution in [1.29, 1.82) is 0 Å². The lowest BCUT2D eigenvalue weighted by atomic mass is 10.1. The minimum Gasteiger partial charge on any atom is -0.480 e. The minimum atomic E-state index is -4.58. The van der Waals surface area contributed by atoms with Crippen molar-refractivity contribution in [2.24, 2.45) is 5.73 Å². The molecule has 0 spiro atoms. The molecule has 0 unspecified atom stereocenters. The third-order valence-electron chi connectivity index (χ3n) is 1.76. The van der Waals surface area contributed by atoms with Crippen molar-refractivity contribution in [3.63, 3.8) is 0 Å². The van der Waals surface area contributed by atoms with E-state index in [-0.39, 0.29) is 18.0 Å². The lowest BCUT2D eigenvalue weighted by Crippen LogP contribution is -2.32. The largest absolute Gasteiger partial charge is 0.480 e. The van der Waals surface area contributed by atoms with Crippen LogP contribution in [-0.4, -0.2) is 27.3 Å². The fraction of sp³-hybridized carbons (Fsp3) is 0.429. The summed E-state index contributed by atoms with van der Waals surface area (Å²) in [7, 11) is 0. The Kier molecular flexibility index (Phi) is 4.76. The monoisotopic (exact) mass is 259 g/mol. The molecule has 92 valence electrons. The summed E-state index contributed by atoms with van der Waals surface area (Å²) in [4.78, 5) is 10.3. The lowest BCUT2D eigenvalue weighted by molar-refractivity contribution is -0.143. The molecule has 0 amide bonds. The topological polar surface area (TPSA) is 92.0 Å². The molecule has 5 nitrogen and oxygen atoms in total. The Morgan fingerprint density at radius 2 is 2.19 bits per heavy atom. The summed E-state index contributed by atoms with van der Waals surface area (Å²) in [5, 5.41) is 13.4. The van der Waals surface area contributed by atoms with Gasteiger partial charge in [-0.1, -0.05) is 0 Å². The predicted molar refractivity (Wildman–Crippen MR) is 50.2 cm³/mol. The van der Waals surface area contributed by atoms with Crippen LogP contribution < -0.4 is 5.73 Å². The van der Waals surface area contributed by atoms with E-state index in [9.17, 15) is 18.0 Å². The Morgan fingerprint density at radius 3 is 2.62 bits per heavy atom. The summed E-state index contributed by atoms with van der Waals surface area (Å²) in [6.45, 7) is 0. The number of carbonyl (C=O) groups is 1. The zero-order chi connectivity index (χ0) is 11.6. The molecule has 4 N–H and O–H groups in total. The van der Waals surface area contributed by atoms with Gasteiger partial charge in [0.1, 0.15) is 11.7 Å². The predicted octanol–water partition coefficient (Wildman–Crippen LogP) is 0.805. The number of rotatable bonds is 3. The van der Waals surface area contributed by atoms with Gasteiger partial charge in [-0.3, -0.25) is 9.89 Å². The Morgan fingerprint density at radius 1 is 1.62 bits per heavy atom. The molecule has 0 aliphatic heterocycles. The molecule has 0 radical (unpaired) electrons. The van der Waals surface area contributed by atoms with Crippen molar-refractivity contribution in [1.82, 2.24) is 10.2 Å². The molecule has 0 saturated carbocycles. The number of aliphatic carboxylic acids is 1. The SMILES string of the molecule is Cl.N[C@@H](Cc1cn[nH]c1C(F)(F)F)C(=O)O. The van der Waals surface area contributed by atoms with Gasteiger partial charge in [0.05, 0.1) is 6.20 Å². The molecule has 0 aromatic carbocycles. The van der Waals surface area contributed by atoms with Crippen LogP contribution in [0.25, 0.3) is 0 Å². The first-order valence-corrected chi connectivity index (χ1v) is 3.90. The third kappa shape index (κ3) is 3.38. The summed E-state index contributed by atoms with van der Waals surface area (Å²) < 4.78 is 36.8. The highest BCUT2D eigenvalue weighted by molar-refractivity contribution is 5.85. The maximum atomic E-state index is 12.3. The van der Waals surface area contributed by atoms with Gasteiger partial charge in [-0.15, -0.1) is 12.4 Å². The van der Waals surface area contributed by atoms with Crippen LogP contribution in [0.5, 0.6) is 0 Å². The summed E-state index contributed by atoms with van der Waals surface area (Å²) >= 11 is 0. The van der Waals surface area contributed by atoms with E-state index in [2.05, 4.69) is 5.10 Å². The summed E-state index contributed by atoms with van der Waals surface area (Å²) in [6, 6.07) is -1.37. The first kappa shape index (κ1) is 14.7. The van der Waals surface area contributed by atoms with Gasteiger partial charge in [-0.2, -0.15) is 18.3 Å². The standard InChI is InChI=1S/C7H8F3N3O2.ClH/c8-7(9,10)5-3(2-12-13-5)1-4(11)6(14)15;/h2,4H,1,11H2,(H,12,13)(H,14,15);1H/t4-;/m0./s1. The van der Waals surface area contributed by atoms with Crippen LogP contribution in [-0.2, 0) is 17.4 Å². The molecule has 9 heteroatoms. The summed E-state index contributed by atoms with van der Waals surface area (Å²) in [5.74, 6) is -1.36. The third-order valence-corrected chi connectivity index (χ3v) is 1.76. The number of carboxylic acids is 1. The Hall–Kier alpha value is -1.28. The molecule has 0 aliphatic rings. The maximum absolute atomic E-state index is 12.3. The molecule has 16 heavy (non-hydrogen) atoms. The Balaban J connectivity index is 0.00000225. The zero-order valence-corrected chi connectivity index (χ0v) is 8.60. The number of alkyl halides is 3. The second-order valence-corrected chi connectivity index (χ2v) is 2.92. The van der Waals surface area contributed by atoms with Crippen molar-refractivity contribution in [2.75, 3.05) is 0 Å². The van der Waals surface area contributed by atoms with E-state index in [0.29, 0.717) is 0 Å². The van der Waals surface area contributed by atoms with Crippen LogP contribution in [0.4, 0.5) is 13.2 Å². The molecular formula is C7H9ClF3N3O2. The van der Waals surface area contributed by atoms with Crippen LogP contribution in [0.15, 0.2) is 6.20 Å². The van der Waals surface area contributed by atoms with Crippen LogP contribution in [0.2, 0.25) is 0 Å². The van der Waals surface area contributed by atoms with Gasteiger partial charge in [0.25, 0.3) is 0 Å². The van der Waals surface area contributed by atoms with Gasteiger partial charge in [-0.05, 0) is 0 Å². The van der Waals surface area contributed by atoms with Crippen molar-refractivity contribution >= 4 is 18.4 Å². The zero-order valence-electron chi connectivity index (χ0n) is 7.78. The van der Waals surface area contributed by atoms with Crippen molar-refractivity contribution in [3.05, 3.63) is 17.5 Å². The van der Waals surface area contributed by atoms with Crippen molar-refractivity contribution in [3.8, 4) is 0 Å². The van der Waals surface area contributed by atoms with Gasteiger partial charge >= 0.3 is 12.1 Å². The summed E-state index contributed by atoms with van der Waals surface area (Å²) in [5.41, 5.74) is 3.80. The number of aromatic nitrogens is 2. The van der Waals surface area contributed by atoms with Crippen molar-refractivity contribution < 1.29 is 23.1 Å². The first-order chi connectivity index (χ1) is 6.82. The van der Waals surface area contributed by atoms with E-state index in [0.717, 1.165) is 6.20 Å². The lowest BCUT2D eigenvalue weighted by Gasteiger charge is -2.08. The van der Waals surface area contributed by atoms with Crippen molar-refractivity contribution in [2.45, 2.75) is 18.6 Å². The van der Waals surface area contributed by atoms with E-state index in [1.807, 2.05) is 0 Å². The van der Waals surface area contributed by atoms with E-state index in [1.54, 1.807) is 5.10 Å². The van der Waals surface area contributed by atoms with E-state index in [1.165, 1.54) is 0 Å². The average Bonchev–Trinajstić information content (AvgIpc) is 2.50. The summed E-state index contributed by atoms with van der Waals surface area (Å²) in [6.07, 6.45) is -4.07. The van der Waals surface area contributed by atoms with Gasteiger partial charge in [0.15, 0.2) is 0 Å². The number of nitrogens with one attached hydrogen (secondary N) is 1. The molecule has 0 bridgehead atoms. The molecule has 0 saturated heterocycles. The molecule has 1 atom stereocenters. The van der Waals surface area contributed by atoms with E-state index in [4.69, 9.17) is 10.8 Å². The number of aromatic amines is 1. The number of carboxylic acid groups (broad SMARTS) is 1. The average molecular weight is 260 g/mol. The van der Waals surface area contributed by atoms with Crippen LogP contribution >= 0.6 is 12.4 Å². The highest BCUT2D eigenvalue weighted by atomic mass is 35.5. The smallest absolute Gasteiger partial charge is 0.433 e. The number of nitrogens with two attached hydrogens (primary N) is 1. The van der Waals surface area contributed by atoms with Gasteiger partial charge < -0.3 is 10.8 Å². The first-order valence-electron chi connectivity index (χ1n) is 3.90. The normalized spacial score (nSPS) is 13.0. The van der Waals surface area contributed by atoms with E-state index >= 15 is 0 Å². The second-order valence-electron chi connectivity index (χ2n) is 2.92. The highest BCUT2D eigenvalue weighted by Crippen LogP contribution is 2.30. The van der Waals surface area contributed by atoms with Gasteiger partial charge in [0, 0.05) is 12.0 Å². The van der Waals surface area contributed by atoms with Crippen LogP contribution in [0.3, 0.4) is 0 Å². The molecular weight excluding hydrogens is 251 g/mol. The maximum Gasteiger partial charge on any atom is 0.433 e. The van der Waals surface area contributed by atoms with E-state index < -0.39 is 30.3 Å². The number of halogens is 4. The molecule has 1 heterocycles. The number of hydrogen-bond donors (Lipinski definition) is 3.